The van der Waals surface area contributed by atoms with Crippen LogP contribution in [0, 0.1) is 0 Å². The summed E-state index contributed by atoms with van der Waals surface area (Å²) >= 11 is 0. The summed E-state index contributed by atoms with van der Waals surface area (Å²) in [6.45, 7) is 5.09. The standard InChI is InChI=1S/C15H27F2N3O2/c1-2-20(10-13-4-3-9-22-13)15(21)18-12-5-7-19(8-6-12)11-14(16)17/h12-14H,2-11H2,1H3,(H,18,21). The van der Waals surface area contributed by atoms with E-state index in [1.165, 1.54) is 0 Å². The summed E-state index contributed by atoms with van der Waals surface area (Å²) in [5.74, 6) is 0. The van der Waals surface area contributed by atoms with Gasteiger partial charge in [0.2, 0.25) is 0 Å². The number of nitrogens with one attached hydrogen (secondary N) is 1. The summed E-state index contributed by atoms with van der Waals surface area (Å²) in [5, 5.41) is 3.03. The molecule has 1 atom stereocenters. The molecule has 0 spiro atoms. The second kappa shape index (κ2) is 8.62. The number of hydrogen-bond acceptors (Lipinski definition) is 3. The largest absolute Gasteiger partial charge is 0.376 e. The summed E-state index contributed by atoms with van der Waals surface area (Å²) in [4.78, 5) is 15.9. The monoisotopic (exact) mass is 319 g/mol. The van der Waals surface area contributed by atoms with Crippen molar-refractivity contribution in [1.82, 2.24) is 15.1 Å². The van der Waals surface area contributed by atoms with Crippen molar-refractivity contribution in [2.75, 3.05) is 39.3 Å². The molecule has 22 heavy (non-hydrogen) atoms. The van der Waals surface area contributed by atoms with Gasteiger partial charge < -0.3 is 15.0 Å². The highest BCUT2D eigenvalue weighted by atomic mass is 19.3. The molecule has 1 unspecified atom stereocenters. The molecule has 5 nitrogen and oxygen atoms in total. The first-order valence-electron chi connectivity index (χ1n) is 8.26. The summed E-state index contributed by atoms with van der Waals surface area (Å²) in [6, 6.07) is 0.0188. The van der Waals surface area contributed by atoms with E-state index in [4.69, 9.17) is 4.74 Å². The van der Waals surface area contributed by atoms with Crippen molar-refractivity contribution in [1.29, 1.82) is 0 Å². The lowest BCUT2D eigenvalue weighted by Crippen LogP contribution is -2.51. The minimum absolute atomic E-state index is 0.0645. The van der Waals surface area contributed by atoms with Crippen LogP contribution in [0.4, 0.5) is 13.6 Å². The van der Waals surface area contributed by atoms with Crippen molar-refractivity contribution in [3.8, 4) is 0 Å². The molecule has 0 aromatic rings. The Balaban J connectivity index is 1.71. The van der Waals surface area contributed by atoms with Gasteiger partial charge in [-0.1, -0.05) is 0 Å². The molecule has 1 N–H and O–H groups in total. The van der Waals surface area contributed by atoms with Crippen LogP contribution in [-0.2, 0) is 4.74 Å². The maximum Gasteiger partial charge on any atom is 0.317 e. The van der Waals surface area contributed by atoms with Gasteiger partial charge in [0, 0.05) is 38.8 Å². The first kappa shape index (κ1) is 17.4. The lowest BCUT2D eigenvalue weighted by Gasteiger charge is -2.33. The highest BCUT2D eigenvalue weighted by Crippen LogP contribution is 2.15. The Labute approximate surface area is 131 Å². The maximum absolute atomic E-state index is 12.3. The topological polar surface area (TPSA) is 44.8 Å². The second-order valence-electron chi connectivity index (χ2n) is 6.09. The van der Waals surface area contributed by atoms with Crippen molar-refractivity contribution < 1.29 is 18.3 Å². The van der Waals surface area contributed by atoms with E-state index in [2.05, 4.69) is 5.32 Å². The molecule has 0 bridgehead atoms. The fraction of sp³-hybridized carbons (Fsp3) is 0.933. The molecule has 2 heterocycles. The molecule has 2 aliphatic rings. The third-order valence-electron chi connectivity index (χ3n) is 4.43. The van der Waals surface area contributed by atoms with Gasteiger partial charge in [-0.15, -0.1) is 0 Å². The summed E-state index contributed by atoms with van der Waals surface area (Å²) < 4.78 is 30.3. The van der Waals surface area contributed by atoms with Crippen molar-refractivity contribution in [3.63, 3.8) is 0 Å². The number of amides is 2. The third-order valence-corrected chi connectivity index (χ3v) is 4.43. The first-order valence-corrected chi connectivity index (χ1v) is 8.26. The van der Waals surface area contributed by atoms with E-state index >= 15 is 0 Å². The zero-order chi connectivity index (χ0) is 15.9. The van der Waals surface area contributed by atoms with Gasteiger partial charge in [0.25, 0.3) is 6.43 Å². The quantitative estimate of drug-likeness (QED) is 0.813. The summed E-state index contributed by atoms with van der Waals surface area (Å²) in [7, 11) is 0. The van der Waals surface area contributed by atoms with E-state index in [1.807, 2.05) is 6.92 Å². The Morgan fingerprint density at radius 1 is 1.36 bits per heavy atom. The van der Waals surface area contributed by atoms with Crippen molar-refractivity contribution >= 4 is 6.03 Å². The second-order valence-corrected chi connectivity index (χ2v) is 6.09. The number of ether oxygens (including phenoxy) is 1. The van der Waals surface area contributed by atoms with Crippen molar-refractivity contribution in [3.05, 3.63) is 0 Å². The zero-order valence-electron chi connectivity index (χ0n) is 13.3. The van der Waals surface area contributed by atoms with Crippen LogP contribution in [-0.4, -0.2) is 73.7 Å². The molecule has 0 saturated carbocycles. The number of rotatable bonds is 6. The minimum atomic E-state index is -2.28. The number of likely N-dealkylation sites (tertiary alicyclic amines) is 1. The van der Waals surface area contributed by atoms with Gasteiger partial charge in [-0.05, 0) is 32.6 Å². The smallest absolute Gasteiger partial charge is 0.317 e. The minimum Gasteiger partial charge on any atom is -0.376 e. The van der Waals surface area contributed by atoms with Crippen molar-refractivity contribution in [2.45, 2.75) is 51.2 Å². The predicted octanol–water partition coefficient (Wildman–Crippen LogP) is 1.93. The molecular weight excluding hydrogens is 292 g/mol. The van der Waals surface area contributed by atoms with E-state index in [0.717, 1.165) is 32.3 Å². The van der Waals surface area contributed by atoms with E-state index < -0.39 is 6.43 Å². The lowest BCUT2D eigenvalue weighted by molar-refractivity contribution is 0.0703. The fourth-order valence-electron chi connectivity index (χ4n) is 3.11. The van der Waals surface area contributed by atoms with Crippen LogP contribution in [0.2, 0.25) is 0 Å². The molecule has 2 aliphatic heterocycles. The molecule has 2 saturated heterocycles. The summed E-state index contributed by atoms with van der Waals surface area (Å²) in [5.41, 5.74) is 0. The van der Waals surface area contributed by atoms with E-state index in [-0.39, 0.29) is 24.7 Å². The van der Waals surface area contributed by atoms with E-state index in [1.54, 1.807) is 9.80 Å². The van der Waals surface area contributed by atoms with Crippen LogP contribution >= 0.6 is 0 Å². The molecule has 2 fully saturated rings. The SMILES string of the molecule is CCN(CC1CCCO1)C(=O)NC1CCN(CC(F)F)CC1. The van der Waals surface area contributed by atoms with E-state index in [0.29, 0.717) is 26.2 Å². The number of hydrogen-bond donors (Lipinski definition) is 1. The van der Waals surface area contributed by atoms with Gasteiger partial charge in [0.15, 0.2) is 0 Å². The molecule has 0 aliphatic carbocycles. The Bertz CT molecular complexity index is 344. The molecule has 2 amide bonds. The number of nitrogens with zero attached hydrogens (tertiary/aromatic N) is 2. The average molecular weight is 319 g/mol. The Morgan fingerprint density at radius 3 is 2.64 bits per heavy atom. The zero-order valence-corrected chi connectivity index (χ0v) is 13.3. The molecule has 7 heteroatoms. The van der Waals surface area contributed by atoms with Gasteiger partial charge in [-0.2, -0.15) is 0 Å². The van der Waals surface area contributed by atoms with Crippen LogP contribution in [0.1, 0.15) is 32.6 Å². The molecule has 0 aromatic carbocycles. The number of urea groups is 1. The van der Waals surface area contributed by atoms with Crippen LogP contribution in [0.3, 0.4) is 0 Å². The number of likely N-dealkylation sites (N-methyl/N-ethyl adjacent to an activating group) is 1. The van der Waals surface area contributed by atoms with Crippen LogP contribution < -0.4 is 5.32 Å². The number of carbonyl (C=O) groups is 1. The van der Waals surface area contributed by atoms with Gasteiger partial charge in [-0.25, -0.2) is 13.6 Å². The highest BCUT2D eigenvalue weighted by molar-refractivity contribution is 5.74. The number of carbonyl (C=O) groups excluding carboxylic acids is 1. The third kappa shape index (κ3) is 5.35. The van der Waals surface area contributed by atoms with Gasteiger partial charge in [0.1, 0.15) is 0 Å². The van der Waals surface area contributed by atoms with Gasteiger partial charge in [0.05, 0.1) is 12.6 Å². The summed E-state index contributed by atoms with van der Waals surface area (Å²) in [6.07, 6.45) is 1.40. The normalized spacial score (nSPS) is 23.9. The fourth-order valence-corrected chi connectivity index (χ4v) is 3.11. The number of halogens is 2. The van der Waals surface area contributed by atoms with Gasteiger partial charge in [-0.3, -0.25) is 4.90 Å². The Hall–Kier alpha value is -0.950. The van der Waals surface area contributed by atoms with Crippen LogP contribution in [0.5, 0.6) is 0 Å². The van der Waals surface area contributed by atoms with Crippen molar-refractivity contribution in [2.24, 2.45) is 0 Å². The number of piperidine rings is 1. The maximum atomic E-state index is 12.3. The van der Waals surface area contributed by atoms with Crippen LogP contribution in [0.15, 0.2) is 0 Å². The molecular formula is C15H27F2N3O2. The first-order chi connectivity index (χ1) is 10.6. The molecule has 0 aromatic heterocycles. The lowest BCUT2D eigenvalue weighted by atomic mass is 10.1. The molecule has 2 rings (SSSR count). The van der Waals surface area contributed by atoms with E-state index in [9.17, 15) is 13.6 Å². The Kier molecular flexibility index (Phi) is 6.82. The average Bonchev–Trinajstić information content (AvgIpc) is 2.99. The van der Waals surface area contributed by atoms with Crippen LogP contribution in [0.25, 0.3) is 0 Å². The van der Waals surface area contributed by atoms with Gasteiger partial charge >= 0.3 is 6.03 Å². The molecule has 128 valence electrons. The predicted molar refractivity (Wildman–Crippen MR) is 80.2 cm³/mol. The molecule has 0 radical (unpaired) electrons. The Morgan fingerprint density at radius 2 is 2.09 bits per heavy atom. The number of alkyl halides is 2. The highest BCUT2D eigenvalue weighted by Gasteiger charge is 2.26.